The lowest BCUT2D eigenvalue weighted by Gasteiger charge is -2.13. The average Bonchev–Trinajstić information content (AvgIpc) is 2.43. The molecule has 0 aromatic heterocycles. The molecule has 0 saturated heterocycles. The van der Waals surface area contributed by atoms with Crippen LogP contribution in [0.5, 0.6) is 0 Å². The van der Waals surface area contributed by atoms with E-state index in [1.54, 1.807) is 0 Å². The molecule has 0 amide bonds. The molecule has 0 radical (unpaired) electrons. The summed E-state index contributed by atoms with van der Waals surface area (Å²) in [6, 6.07) is 10.7. The van der Waals surface area contributed by atoms with Crippen LogP contribution in [-0.2, 0) is 6.42 Å². The predicted octanol–water partition coefficient (Wildman–Crippen LogP) is 4.29. The van der Waals surface area contributed by atoms with Crippen LogP contribution in [0, 0.1) is 0 Å². The van der Waals surface area contributed by atoms with Crippen LogP contribution in [-0.4, -0.2) is 13.6 Å². The summed E-state index contributed by atoms with van der Waals surface area (Å²) < 4.78 is 0. The molecule has 0 aliphatic rings. The minimum Gasteiger partial charge on any atom is -0.316 e. The Bertz CT molecular complexity index is 452. The van der Waals surface area contributed by atoms with Crippen molar-refractivity contribution in [3.8, 4) is 0 Å². The Balaban J connectivity index is 2.79. The van der Waals surface area contributed by atoms with Gasteiger partial charge in [-0.3, -0.25) is 0 Å². The largest absolute Gasteiger partial charge is 0.316 e. The van der Waals surface area contributed by atoms with Crippen molar-refractivity contribution in [3.05, 3.63) is 71.3 Å². The molecule has 19 heavy (non-hydrogen) atoms. The number of aryl methyl sites for hydroxylation is 1. The molecule has 0 unspecified atom stereocenters. The molecule has 0 aliphatic heterocycles. The predicted molar refractivity (Wildman–Crippen MR) is 85.3 cm³/mol. The molecule has 1 heteroatoms. The van der Waals surface area contributed by atoms with Crippen LogP contribution in [0.25, 0.3) is 0 Å². The molecule has 0 atom stereocenters. The highest BCUT2D eigenvalue weighted by Crippen LogP contribution is 2.18. The van der Waals surface area contributed by atoms with Crippen molar-refractivity contribution >= 4 is 0 Å². The molecule has 0 aliphatic carbocycles. The maximum absolute atomic E-state index is 3.78. The van der Waals surface area contributed by atoms with Gasteiger partial charge in [0, 0.05) is 6.54 Å². The Morgan fingerprint density at radius 3 is 2.47 bits per heavy atom. The fourth-order valence-corrected chi connectivity index (χ4v) is 2.21. The number of allylic oxidation sites excluding steroid dienone is 3. The number of benzene rings is 1. The van der Waals surface area contributed by atoms with Gasteiger partial charge in [0.1, 0.15) is 0 Å². The van der Waals surface area contributed by atoms with Crippen LogP contribution in [0.2, 0.25) is 0 Å². The molecule has 1 nitrogen and oxygen atoms in total. The molecule has 1 aromatic rings. The van der Waals surface area contributed by atoms with E-state index in [1.165, 1.54) is 22.3 Å². The quantitative estimate of drug-likeness (QED) is 0.717. The van der Waals surface area contributed by atoms with E-state index in [4.69, 9.17) is 0 Å². The van der Waals surface area contributed by atoms with E-state index in [2.05, 4.69) is 62.2 Å². The van der Waals surface area contributed by atoms with Crippen molar-refractivity contribution < 1.29 is 0 Å². The molecule has 1 rings (SSSR count). The van der Waals surface area contributed by atoms with Crippen LogP contribution in [0.15, 0.2) is 65.8 Å². The Kier molecular flexibility index (Phi) is 6.91. The van der Waals surface area contributed by atoms with E-state index in [0.29, 0.717) is 0 Å². The normalized spacial score (nSPS) is 13.1. The van der Waals surface area contributed by atoms with Crippen LogP contribution in [0.4, 0.5) is 0 Å². The third kappa shape index (κ3) is 5.27. The average molecular weight is 255 g/mol. The highest BCUT2D eigenvalue weighted by molar-refractivity contribution is 5.36. The smallest absolute Gasteiger partial charge is 0.0204 e. The van der Waals surface area contributed by atoms with Gasteiger partial charge in [0.25, 0.3) is 0 Å². The van der Waals surface area contributed by atoms with Crippen molar-refractivity contribution in [2.45, 2.75) is 26.7 Å². The van der Waals surface area contributed by atoms with Gasteiger partial charge in [-0.2, -0.15) is 0 Å². The van der Waals surface area contributed by atoms with Crippen LogP contribution >= 0.6 is 0 Å². The summed E-state index contributed by atoms with van der Waals surface area (Å²) in [5.74, 6) is 0. The van der Waals surface area contributed by atoms with Gasteiger partial charge in [-0.25, -0.2) is 0 Å². The lowest BCUT2D eigenvalue weighted by atomic mass is 9.96. The zero-order chi connectivity index (χ0) is 14.1. The fourth-order valence-electron chi connectivity index (χ4n) is 2.21. The minimum absolute atomic E-state index is 0.913. The molecular weight excluding hydrogens is 230 g/mol. The maximum Gasteiger partial charge on any atom is 0.0204 e. The van der Waals surface area contributed by atoms with Gasteiger partial charge in [0.15, 0.2) is 0 Å². The first-order valence-corrected chi connectivity index (χ1v) is 6.86. The summed E-state index contributed by atoms with van der Waals surface area (Å²) in [6.45, 7) is 9.08. The number of nitrogens with one attached hydrogen (secondary N) is 1. The standard InChI is InChI=1S/C18H25N/c1-5-9-15(2)18(14-19-4)16(3)12-13-17-10-7-6-8-11-17/h5-11,19H,1,12-14H2,2-4H3/b15-9-,18-16+. The summed E-state index contributed by atoms with van der Waals surface area (Å²) in [7, 11) is 1.99. The fraction of sp³-hybridized carbons (Fsp3) is 0.333. The molecule has 1 N–H and O–H groups in total. The van der Waals surface area contributed by atoms with Gasteiger partial charge in [-0.05, 0) is 50.4 Å². The van der Waals surface area contributed by atoms with E-state index in [1.807, 2.05) is 13.1 Å². The van der Waals surface area contributed by atoms with Crippen molar-refractivity contribution in [1.29, 1.82) is 0 Å². The lowest BCUT2D eigenvalue weighted by molar-refractivity contribution is 0.846. The Hall–Kier alpha value is -1.60. The summed E-state index contributed by atoms with van der Waals surface area (Å²) in [4.78, 5) is 0. The molecule has 0 fully saturated rings. The van der Waals surface area contributed by atoms with Crippen LogP contribution < -0.4 is 5.32 Å². The van der Waals surface area contributed by atoms with Gasteiger partial charge < -0.3 is 5.32 Å². The van der Waals surface area contributed by atoms with E-state index in [9.17, 15) is 0 Å². The van der Waals surface area contributed by atoms with Gasteiger partial charge in [-0.1, -0.05) is 54.6 Å². The molecular formula is C18H25N. The zero-order valence-corrected chi connectivity index (χ0v) is 12.4. The zero-order valence-electron chi connectivity index (χ0n) is 12.4. The SMILES string of the molecule is C=C/C=C(C)\C(CNC)=C(/C)CCc1ccccc1. The summed E-state index contributed by atoms with van der Waals surface area (Å²) in [5.41, 5.74) is 5.55. The molecule has 0 saturated carbocycles. The van der Waals surface area contributed by atoms with Crippen molar-refractivity contribution in [2.75, 3.05) is 13.6 Å². The summed E-state index contributed by atoms with van der Waals surface area (Å²) in [6.07, 6.45) is 6.14. The number of hydrogen-bond donors (Lipinski definition) is 1. The molecule has 0 heterocycles. The highest BCUT2D eigenvalue weighted by Gasteiger charge is 2.04. The molecule has 102 valence electrons. The van der Waals surface area contributed by atoms with Gasteiger partial charge in [-0.15, -0.1) is 0 Å². The topological polar surface area (TPSA) is 12.0 Å². The second-order valence-electron chi connectivity index (χ2n) is 4.86. The summed E-state index contributed by atoms with van der Waals surface area (Å²) >= 11 is 0. The van der Waals surface area contributed by atoms with E-state index in [0.717, 1.165) is 19.4 Å². The first-order valence-electron chi connectivity index (χ1n) is 6.86. The second kappa shape index (κ2) is 8.49. The first-order chi connectivity index (χ1) is 9.19. The van der Waals surface area contributed by atoms with Gasteiger partial charge in [0.05, 0.1) is 0 Å². The monoisotopic (exact) mass is 255 g/mol. The van der Waals surface area contributed by atoms with Crippen LogP contribution in [0.3, 0.4) is 0 Å². The Morgan fingerprint density at radius 1 is 1.21 bits per heavy atom. The van der Waals surface area contributed by atoms with Gasteiger partial charge >= 0.3 is 0 Å². The number of hydrogen-bond acceptors (Lipinski definition) is 1. The van der Waals surface area contributed by atoms with Crippen molar-refractivity contribution in [3.63, 3.8) is 0 Å². The molecule has 1 aromatic carbocycles. The Labute approximate surface area is 117 Å². The van der Waals surface area contributed by atoms with Gasteiger partial charge in [0.2, 0.25) is 0 Å². The minimum atomic E-state index is 0.913. The van der Waals surface area contributed by atoms with E-state index >= 15 is 0 Å². The lowest BCUT2D eigenvalue weighted by Crippen LogP contribution is -2.13. The Morgan fingerprint density at radius 2 is 1.89 bits per heavy atom. The van der Waals surface area contributed by atoms with Crippen LogP contribution in [0.1, 0.15) is 25.8 Å². The highest BCUT2D eigenvalue weighted by atomic mass is 14.8. The van der Waals surface area contributed by atoms with Crippen molar-refractivity contribution in [1.82, 2.24) is 5.32 Å². The third-order valence-corrected chi connectivity index (χ3v) is 3.34. The summed E-state index contributed by atoms with van der Waals surface area (Å²) in [5, 5.41) is 3.25. The second-order valence-corrected chi connectivity index (χ2v) is 4.86. The molecule has 0 bridgehead atoms. The maximum atomic E-state index is 3.78. The van der Waals surface area contributed by atoms with Crippen molar-refractivity contribution in [2.24, 2.45) is 0 Å². The number of rotatable bonds is 7. The van der Waals surface area contributed by atoms with E-state index in [-0.39, 0.29) is 0 Å². The van der Waals surface area contributed by atoms with E-state index < -0.39 is 0 Å². The first kappa shape index (κ1) is 15.5. The molecule has 0 spiro atoms. The third-order valence-electron chi connectivity index (χ3n) is 3.34. The number of likely N-dealkylation sites (N-methyl/N-ethyl adjacent to an activating group) is 1.